The van der Waals surface area contributed by atoms with Crippen LogP contribution in [-0.2, 0) is 9.59 Å². The molecule has 1 rings (SSSR count). The molecule has 4 N–H and O–H groups in total. The van der Waals surface area contributed by atoms with Gasteiger partial charge in [0.25, 0.3) is 0 Å². The Kier molecular flexibility index (Phi) is 5.39. The molecule has 1 atom stereocenters. The fraction of sp³-hybridized carbons (Fsp3) is 0.467. The quantitative estimate of drug-likeness (QED) is 0.728. The van der Waals surface area contributed by atoms with Gasteiger partial charge in [-0.2, -0.15) is 0 Å². The van der Waals surface area contributed by atoms with Crippen molar-refractivity contribution in [3.8, 4) is 0 Å². The van der Waals surface area contributed by atoms with Crippen LogP contribution in [0.1, 0.15) is 33.3 Å². The van der Waals surface area contributed by atoms with E-state index in [4.69, 9.17) is 5.73 Å². The van der Waals surface area contributed by atoms with Crippen LogP contribution in [-0.4, -0.2) is 17.9 Å². The van der Waals surface area contributed by atoms with E-state index in [0.717, 1.165) is 10.0 Å². The highest BCUT2D eigenvalue weighted by molar-refractivity contribution is 9.10. The molecule has 21 heavy (non-hydrogen) atoms. The van der Waals surface area contributed by atoms with Gasteiger partial charge in [-0.3, -0.25) is 9.59 Å². The lowest BCUT2D eigenvalue weighted by Crippen LogP contribution is -2.46. The Morgan fingerprint density at radius 1 is 1.29 bits per heavy atom. The zero-order valence-electron chi connectivity index (χ0n) is 13.0. The molecular formula is C15H22BrN3O2. The van der Waals surface area contributed by atoms with E-state index in [0.29, 0.717) is 11.4 Å². The van der Waals surface area contributed by atoms with Crippen LogP contribution in [0.3, 0.4) is 0 Å². The predicted molar refractivity (Wildman–Crippen MR) is 89.0 cm³/mol. The molecule has 1 aromatic rings. The number of hydrogen-bond donors (Lipinski definition) is 3. The minimum atomic E-state index is -0.643. The van der Waals surface area contributed by atoms with Crippen molar-refractivity contribution in [3.05, 3.63) is 22.2 Å². The summed E-state index contributed by atoms with van der Waals surface area (Å²) in [6.45, 7) is 8.88. The van der Waals surface area contributed by atoms with Gasteiger partial charge in [0, 0.05) is 9.89 Å². The molecule has 0 fully saturated rings. The molecule has 0 aliphatic rings. The minimum Gasteiger partial charge on any atom is -0.397 e. The fourth-order valence-electron chi connectivity index (χ4n) is 1.58. The van der Waals surface area contributed by atoms with Crippen LogP contribution in [0.15, 0.2) is 16.6 Å². The largest absolute Gasteiger partial charge is 0.397 e. The summed E-state index contributed by atoms with van der Waals surface area (Å²) in [5.74, 6) is -0.486. The second-order valence-electron chi connectivity index (χ2n) is 6.12. The molecule has 0 bridgehead atoms. The van der Waals surface area contributed by atoms with Crippen molar-refractivity contribution in [3.63, 3.8) is 0 Å². The van der Waals surface area contributed by atoms with Gasteiger partial charge in [0.15, 0.2) is 0 Å². The molecule has 2 amide bonds. The third kappa shape index (κ3) is 4.74. The molecular weight excluding hydrogens is 334 g/mol. The second-order valence-corrected chi connectivity index (χ2v) is 7.03. The first kappa shape index (κ1) is 17.5. The lowest BCUT2D eigenvalue weighted by atomic mass is 9.95. The Labute approximate surface area is 133 Å². The van der Waals surface area contributed by atoms with Crippen LogP contribution >= 0.6 is 15.9 Å². The summed E-state index contributed by atoms with van der Waals surface area (Å²) in [4.78, 5) is 24.0. The molecule has 0 spiro atoms. The highest BCUT2D eigenvalue weighted by Gasteiger charge is 2.25. The molecule has 0 aliphatic heterocycles. The van der Waals surface area contributed by atoms with Gasteiger partial charge in [0.2, 0.25) is 11.8 Å². The number of amides is 2. The average Bonchev–Trinajstić information content (AvgIpc) is 2.33. The summed E-state index contributed by atoms with van der Waals surface area (Å²) in [6, 6.07) is 2.96. The van der Waals surface area contributed by atoms with E-state index in [1.54, 1.807) is 33.8 Å². The highest BCUT2D eigenvalue weighted by Crippen LogP contribution is 2.27. The highest BCUT2D eigenvalue weighted by atomic mass is 79.9. The van der Waals surface area contributed by atoms with Gasteiger partial charge < -0.3 is 16.4 Å². The van der Waals surface area contributed by atoms with Crippen LogP contribution in [0, 0.1) is 12.3 Å². The maximum Gasteiger partial charge on any atom is 0.246 e. The van der Waals surface area contributed by atoms with Gasteiger partial charge in [-0.25, -0.2) is 0 Å². The molecule has 0 aliphatic carbocycles. The third-order valence-electron chi connectivity index (χ3n) is 3.03. The summed E-state index contributed by atoms with van der Waals surface area (Å²) in [5, 5.41) is 5.42. The molecule has 0 aromatic heterocycles. The van der Waals surface area contributed by atoms with E-state index in [1.165, 1.54) is 0 Å². The number of anilines is 2. The number of benzene rings is 1. The summed E-state index contributed by atoms with van der Waals surface area (Å²) in [7, 11) is 0. The Morgan fingerprint density at radius 3 is 2.38 bits per heavy atom. The smallest absolute Gasteiger partial charge is 0.246 e. The normalized spacial score (nSPS) is 12.7. The number of nitrogens with one attached hydrogen (secondary N) is 2. The fourth-order valence-corrected chi connectivity index (χ4v) is 2.15. The summed E-state index contributed by atoms with van der Waals surface area (Å²) in [6.07, 6.45) is 0. The van der Waals surface area contributed by atoms with Gasteiger partial charge >= 0.3 is 0 Å². The maximum atomic E-state index is 12.2. The van der Waals surface area contributed by atoms with Gasteiger partial charge in [-0.1, -0.05) is 36.7 Å². The Bertz CT molecular complexity index is 565. The van der Waals surface area contributed by atoms with Crippen LogP contribution in [0.5, 0.6) is 0 Å². The van der Waals surface area contributed by atoms with Gasteiger partial charge in [0.05, 0.1) is 11.4 Å². The number of halogens is 1. The van der Waals surface area contributed by atoms with Crippen LogP contribution < -0.4 is 16.4 Å². The predicted octanol–water partition coefficient (Wildman–Crippen LogP) is 2.83. The molecule has 0 saturated carbocycles. The van der Waals surface area contributed by atoms with Crippen molar-refractivity contribution in [2.24, 2.45) is 5.41 Å². The van der Waals surface area contributed by atoms with Crippen molar-refractivity contribution in [2.75, 3.05) is 11.1 Å². The summed E-state index contributed by atoms with van der Waals surface area (Å²) in [5.41, 5.74) is 7.32. The molecule has 6 heteroatoms. The van der Waals surface area contributed by atoms with E-state index in [1.807, 2.05) is 13.0 Å². The second kappa shape index (κ2) is 6.47. The van der Waals surface area contributed by atoms with E-state index in [2.05, 4.69) is 26.6 Å². The summed E-state index contributed by atoms with van der Waals surface area (Å²) >= 11 is 3.36. The van der Waals surface area contributed by atoms with Crippen molar-refractivity contribution in [1.29, 1.82) is 0 Å². The Hall–Kier alpha value is -1.56. The van der Waals surface area contributed by atoms with Crippen molar-refractivity contribution in [1.82, 2.24) is 5.32 Å². The summed E-state index contributed by atoms with van der Waals surface area (Å²) < 4.78 is 0.830. The SMILES string of the molecule is Cc1cc(Br)cc(NC(=O)C(C)NC(=O)C(C)(C)C)c1N. The van der Waals surface area contributed by atoms with E-state index in [9.17, 15) is 9.59 Å². The first-order chi connectivity index (χ1) is 9.52. The first-order valence-electron chi connectivity index (χ1n) is 6.70. The van der Waals surface area contributed by atoms with Crippen LogP contribution in [0.25, 0.3) is 0 Å². The number of aryl methyl sites for hydroxylation is 1. The van der Waals surface area contributed by atoms with Crippen molar-refractivity contribution >= 4 is 39.1 Å². The number of nitrogens with two attached hydrogens (primary N) is 1. The van der Waals surface area contributed by atoms with Gasteiger partial charge in [0.1, 0.15) is 6.04 Å². The zero-order chi connectivity index (χ0) is 16.4. The van der Waals surface area contributed by atoms with E-state index < -0.39 is 11.5 Å². The standard InChI is InChI=1S/C15H22BrN3O2/c1-8-6-10(16)7-11(12(8)17)19-13(20)9(2)18-14(21)15(3,4)5/h6-7,9H,17H2,1-5H3,(H,18,21)(H,19,20). The van der Waals surface area contributed by atoms with E-state index in [-0.39, 0.29) is 11.8 Å². The first-order valence-corrected chi connectivity index (χ1v) is 7.49. The Morgan fingerprint density at radius 2 is 1.86 bits per heavy atom. The minimum absolute atomic E-state index is 0.177. The number of rotatable bonds is 3. The topological polar surface area (TPSA) is 84.2 Å². The molecule has 1 aromatic carbocycles. The van der Waals surface area contributed by atoms with Gasteiger partial charge in [-0.05, 0) is 31.5 Å². The third-order valence-corrected chi connectivity index (χ3v) is 3.49. The van der Waals surface area contributed by atoms with Crippen molar-refractivity contribution in [2.45, 2.75) is 40.7 Å². The molecule has 0 saturated heterocycles. The lowest BCUT2D eigenvalue weighted by molar-refractivity contribution is -0.131. The molecule has 116 valence electrons. The average molecular weight is 356 g/mol. The maximum absolute atomic E-state index is 12.2. The number of hydrogen-bond acceptors (Lipinski definition) is 3. The lowest BCUT2D eigenvalue weighted by Gasteiger charge is -2.22. The number of nitrogen functional groups attached to an aromatic ring is 1. The Balaban J connectivity index is 2.80. The molecule has 0 heterocycles. The zero-order valence-corrected chi connectivity index (χ0v) is 14.6. The van der Waals surface area contributed by atoms with E-state index >= 15 is 0 Å². The molecule has 5 nitrogen and oxygen atoms in total. The van der Waals surface area contributed by atoms with Gasteiger partial charge in [-0.15, -0.1) is 0 Å². The number of carbonyl (C=O) groups is 2. The van der Waals surface area contributed by atoms with Crippen LogP contribution in [0.2, 0.25) is 0 Å². The number of carbonyl (C=O) groups excluding carboxylic acids is 2. The van der Waals surface area contributed by atoms with Crippen LogP contribution in [0.4, 0.5) is 11.4 Å². The monoisotopic (exact) mass is 355 g/mol. The molecule has 1 unspecified atom stereocenters. The van der Waals surface area contributed by atoms with Crippen molar-refractivity contribution < 1.29 is 9.59 Å². The molecule has 0 radical (unpaired) electrons.